The Hall–Kier alpha value is -2.58. The number of nitrogens with zero attached hydrogens (tertiary/aromatic N) is 2. The number of carbonyl (C=O) groups is 3. The van der Waals surface area contributed by atoms with Crippen LogP contribution in [0.4, 0.5) is 4.79 Å². The third-order valence-corrected chi connectivity index (χ3v) is 7.35. The number of unbranched alkanes of at least 4 members (excludes halogenated alkanes) is 12. The van der Waals surface area contributed by atoms with Crippen LogP contribution in [0, 0.1) is 0 Å². The fraction of sp³-hybridized carbons (Fsp3) is 0.806. The highest BCUT2D eigenvalue weighted by molar-refractivity contribution is 5.87. The molecule has 1 aliphatic heterocycles. The van der Waals surface area contributed by atoms with E-state index in [0.717, 1.165) is 18.5 Å². The first-order valence-electron chi connectivity index (χ1n) is 15.7. The minimum Gasteiger partial charge on any atom is -0.444 e. The largest absolute Gasteiger partial charge is 0.444 e. The van der Waals surface area contributed by atoms with Crippen LogP contribution in [0.2, 0.25) is 0 Å². The third-order valence-electron chi connectivity index (χ3n) is 7.35. The first kappa shape index (κ1) is 33.6. The predicted molar refractivity (Wildman–Crippen MR) is 159 cm³/mol. The fourth-order valence-corrected chi connectivity index (χ4v) is 5.17. The van der Waals surface area contributed by atoms with Crippen LogP contribution in [0.25, 0.3) is 0 Å². The summed E-state index contributed by atoms with van der Waals surface area (Å²) in [6, 6.07) is -0.955. The number of H-pyrrole nitrogens is 1. The van der Waals surface area contributed by atoms with E-state index in [4.69, 9.17) is 4.74 Å². The van der Waals surface area contributed by atoms with Gasteiger partial charge in [0.15, 0.2) is 0 Å². The van der Waals surface area contributed by atoms with Gasteiger partial charge in [0.05, 0.1) is 6.33 Å². The van der Waals surface area contributed by atoms with Crippen LogP contribution < -0.4 is 10.6 Å². The minimum atomic E-state index is -0.682. The van der Waals surface area contributed by atoms with Gasteiger partial charge in [-0.05, 0) is 33.6 Å². The van der Waals surface area contributed by atoms with Gasteiger partial charge in [-0.1, -0.05) is 84.0 Å². The molecule has 0 unspecified atom stereocenters. The van der Waals surface area contributed by atoms with Gasteiger partial charge in [0, 0.05) is 43.9 Å². The van der Waals surface area contributed by atoms with Crippen molar-refractivity contribution in [3.63, 3.8) is 0 Å². The Morgan fingerprint density at radius 1 is 0.975 bits per heavy atom. The molecule has 0 saturated carbocycles. The average Bonchev–Trinajstić information content (AvgIpc) is 3.56. The summed E-state index contributed by atoms with van der Waals surface area (Å²) in [4.78, 5) is 46.9. The van der Waals surface area contributed by atoms with E-state index in [2.05, 4.69) is 27.5 Å². The number of nitrogens with one attached hydrogen (secondary N) is 3. The number of rotatable bonds is 19. The molecule has 1 fully saturated rings. The molecule has 1 saturated heterocycles. The summed E-state index contributed by atoms with van der Waals surface area (Å²) < 4.78 is 5.55. The van der Waals surface area contributed by atoms with Gasteiger partial charge >= 0.3 is 6.09 Å². The highest BCUT2D eigenvalue weighted by Gasteiger charge is 2.41. The normalized spacial score (nSPS) is 17.1. The molecule has 0 aliphatic carbocycles. The third kappa shape index (κ3) is 14.2. The Morgan fingerprint density at radius 2 is 1.57 bits per heavy atom. The zero-order valence-electron chi connectivity index (χ0n) is 25.6. The van der Waals surface area contributed by atoms with Gasteiger partial charge in [-0.25, -0.2) is 9.78 Å². The quantitative estimate of drug-likeness (QED) is 0.178. The number of likely N-dealkylation sites (tertiary alicyclic amines) is 1. The molecular formula is C31H55N5O4. The van der Waals surface area contributed by atoms with E-state index in [1.165, 1.54) is 75.5 Å². The smallest absolute Gasteiger partial charge is 0.411 e. The molecule has 2 heterocycles. The van der Waals surface area contributed by atoms with Crippen molar-refractivity contribution in [2.75, 3.05) is 13.1 Å². The summed E-state index contributed by atoms with van der Waals surface area (Å²) in [7, 11) is 0. The second-order valence-electron chi connectivity index (χ2n) is 12.3. The summed E-state index contributed by atoms with van der Waals surface area (Å²) in [6.45, 7) is 8.35. The Balaban J connectivity index is 1.66. The summed E-state index contributed by atoms with van der Waals surface area (Å²) in [5, 5.41) is 5.97. The Morgan fingerprint density at radius 3 is 2.12 bits per heavy atom. The van der Waals surface area contributed by atoms with Gasteiger partial charge in [0.2, 0.25) is 11.8 Å². The second kappa shape index (κ2) is 18.7. The van der Waals surface area contributed by atoms with Gasteiger partial charge in [-0.2, -0.15) is 0 Å². The molecule has 40 heavy (non-hydrogen) atoms. The SMILES string of the molecule is CCCCCCCCCCCCCCCC(=O)N[C@H]1C[C@@H](C(=O)NCCc2cnc[nH]2)N(C(=O)OC(C)(C)C)C1. The lowest BCUT2D eigenvalue weighted by molar-refractivity contribution is -0.125. The number of ether oxygens (including phenoxy) is 1. The molecule has 9 nitrogen and oxygen atoms in total. The maximum absolute atomic E-state index is 13.0. The van der Waals surface area contributed by atoms with Crippen molar-refractivity contribution in [3.05, 3.63) is 18.2 Å². The van der Waals surface area contributed by atoms with E-state index < -0.39 is 17.7 Å². The lowest BCUT2D eigenvalue weighted by Gasteiger charge is -2.28. The Kier molecular flexibility index (Phi) is 15.7. The van der Waals surface area contributed by atoms with Crippen LogP contribution in [0.3, 0.4) is 0 Å². The molecule has 3 N–H and O–H groups in total. The molecule has 0 spiro atoms. The van der Waals surface area contributed by atoms with Crippen LogP contribution in [-0.4, -0.2) is 63.5 Å². The van der Waals surface area contributed by atoms with Crippen molar-refractivity contribution in [2.24, 2.45) is 0 Å². The van der Waals surface area contributed by atoms with E-state index >= 15 is 0 Å². The van der Waals surface area contributed by atoms with Crippen molar-refractivity contribution >= 4 is 17.9 Å². The molecule has 228 valence electrons. The standard InChI is InChI=1S/C31H55N5O4/c1-5-6-7-8-9-10-11-12-13-14-15-16-17-18-28(37)35-26-21-27(36(23-26)30(39)40-31(2,3)4)29(38)33-20-19-25-22-32-24-34-25/h22,24,26-27H,5-21,23H2,1-4H3,(H,32,34)(H,33,38)(H,35,37)/t26-,27-/m0/s1. The van der Waals surface area contributed by atoms with E-state index in [1.54, 1.807) is 33.3 Å². The maximum atomic E-state index is 13.0. The molecule has 0 radical (unpaired) electrons. The van der Waals surface area contributed by atoms with Gasteiger partial charge in [0.1, 0.15) is 11.6 Å². The topological polar surface area (TPSA) is 116 Å². The van der Waals surface area contributed by atoms with Crippen LogP contribution in [0.15, 0.2) is 12.5 Å². The van der Waals surface area contributed by atoms with Crippen LogP contribution >= 0.6 is 0 Å². The Bertz CT molecular complexity index is 852. The van der Waals surface area contributed by atoms with Gasteiger partial charge in [-0.15, -0.1) is 0 Å². The van der Waals surface area contributed by atoms with Crippen LogP contribution in [0.5, 0.6) is 0 Å². The van der Waals surface area contributed by atoms with Crippen molar-refractivity contribution < 1.29 is 19.1 Å². The molecule has 1 aromatic rings. The lowest BCUT2D eigenvalue weighted by Crippen LogP contribution is -2.48. The number of hydrogen-bond acceptors (Lipinski definition) is 5. The molecule has 1 aromatic heterocycles. The zero-order valence-corrected chi connectivity index (χ0v) is 25.6. The van der Waals surface area contributed by atoms with E-state index in [1.807, 2.05) is 0 Å². The van der Waals surface area contributed by atoms with E-state index in [0.29, 0.717) is 25.8 Å². The zero-order chi connectivity index (χ0) is 29.2. The fourth-order valence-electron chi connectivity index (χ4n) is 5.17. The number of hydrogen-bond donors (Lipinski definition) is 3. The average molecular weight is 562 g/mol. The molecule has 1 aliphatic rings. The highest BCUT2D eigenvalue weighted by Crippen LogP contribution is 2.22. The monoisotopic (exact) mass is 561 g/mol. The van der Waals surface area contributed by atoms with Gasteiger partial charge < -0.3 is 20.4 Å². The predicted octanol–water partition coefficient (Wildman–Crippen LogP) is 6.04. The molecule has 2 atom stereocenters. The van der Waals surface area contributed by atoms with Crippen molar-refractivity contribution in [1.29, 1.82) is 0 Å². The first-order chi connectivity index (χ1) is 19.2. The van der Waals surface area contributed by atoms with E-state index in [9.17, 15) is 14.4 Å². The Labute approximate surface area is 242 Å². The van der Waals surface area contributed by atoms with Crippen molar-refractivity contribution in [2.45, 2.75) is 148 Å². The molecule has 2 rings (SSSR count). The summed E-state index contributed by atoms with van der Waals surface area (Å²) in [6.07, 6.45) is 20.7. The molecule has 0 aromatic carbocycles. The van der Waals surface area contributed by atoms with E-state index in [-0.39, 0.29) is 24.4 Å². The molecule has 3 amide bonds. The number of imidazole rings is 1. The van der Waals surface area contributed by atoms with Crippen LogP contribution in [-0.2, 0) is 20.7 Å². The molecule has 9 heteroatoms. The number of aromatic nitrogens is 2. The second-order valence-corrected chi connectivity index (χ2v) is 12.3. The van der Waals surface area contributed by atoms with Crippen LogP contribution in [0.1, 0.15) is 130 Å². The minimum absolute atomic E-state index is 0.0162. The molecular weight excluding hydrogens is 506 g/mol. The lowest BCUT2D eigenvalue weighted by atomic mass is 10.0. The molecule has 0 bridgehead atoms. The van der Waals surface area contributed by atoms with Gasteiger partial charge in [-0.3, -0.25) is 14.5 Å². The van der Waals surface area contributed by atoms with Crippen molar-refractivity contribution in [1.82, 2.24) is 25.5 Å². The number of amides is 3. The summed E-state index contributed by atoms with van der Waals surface area (Å²) >= 11 is 0. The maximum Gasteiger partial charge on any atom is 0.411 e. The van der Waals surface area contributed by atoms with Crippen molar-refractivity contribution in [3.8, 4) is 0 Å². The summed E-state index contributed by atoms with van der Waals surface area (Å²) in [5.41, 5.74) is 0.253. The summed E-state index contributed by atoms with van der Waals surface area (Å²) in [5.74, 6) is -0.254. The number of carbonyl (C=O) groups excluding carboxylic acids is 3. The first-order valence-corrected chi connectivity index (χ1v) is 15.7. The number of aromatic amines is 1. The highest BCUT2D eigenvalue weighted by atomic mass is 16.6. The van der Waals surface area contributed by atoms with Gasteiger partial charge in [0.25, 0.3) is 0 Å².